The number of hydrogen-bond acceptors (Lipinski definition) is 9. The van der Waals surface area contributed by atoms with Gasteiger partial charge in [0.05, 0.1) is 24.0 Å². The number of anilines is 1. The average molecular weight is 696 g/mol. The number of nitrogens with zero attached hydrogens (tertiary/aromatic N) is 1. The van der Waals surface area contributed by atoms with Crippen molar-refractivity contribution in [3.05, 3.63) is 68.4 Å². The van der Waals surface area contributed by atoms with Crippen molar-refractivity contribution in [3.63, 3.8) is 0 Å². The van der Waals surface area contributed by atoms with Crippen LogP contribution in [0.15, 0.2) is 52.3 Å². The molecule has 1 aromatic heterocycles. The maximum Gasteiger partial charge on any atom is 0.326 e. The first-order valence-corrected chi connectivity index (χ1v) is 17.5. The molecule has 1 saturated heterocycles. The van der Waals surface area contributed by atoms with Crippen molar-refractivity contribution >= 4 is 52.5 Å². The monoisotopic (exact) mass is 695 g/mol. The summed E-state index contributed by atoms with van der Waals surface area (Å²) in [6, 6.07) is 9.56. The van der Waals surface area contributed by atoms with Crippen LogP contribution in [0, 0.1) is 41.3 Å². The van der Waals surface area contributed by atoms with Gasteiger partial charge in [-0.25, -0.2) is 9.18 Å². The van der Waals surface area contributed by atoms with E-state index in [9.17, 15) is 33.5 Å². The van der Waals surface area contributed by atoms with E-state index in [4.69, 9.17) is 9.47 Å². The highest BCUT2D eigenvalue weighted by Gasteiger charge is 2.70. The number of hydrogen-bond donors (Lipinski definition) is 3. The lowest BCUT2D eigenvalue weighted by atomic mass is 9.68. The van der Waals surface area contributed by atoms with Gasteiger partial charge in [-0.2, -0.15) is 0 Å². The van der Waals surface area contributed by atoms with Crippen molar-refractivity contribution in [2.24, 2.45) is 35.5 Å². The number of aromatic amines is 1. The molecule has 252 valence electrons. The smallest absolute Gasteiger partial charge is 0.326 e. The van der Waals surface area contributed by atoms with E-state index < -0.39 is 47.4 Å². The van der Waals surface area contributed by atoms with Crippen LogP contribution >= 0.6 is 23.1 Å². The number of methoxy groups -OCH3 is 1. The highest BCUT2D eigenvalue weighted by atomic mass is 32.2. The zero-order valence-electron chi connectivity index (χ0n) is 26.3. The van der Waals surface area contributed by atoms with Gasteiger partial charge in [-0.05, 0) is 78.5 Å². The number of rotatable bonds is 10. The minimum absolute atomic E-state index is 0.0229. The topological polar surface area (TPSA) is 155 Å². The van der Waals surface area contributed by atoms with Gasteiger partial charge in [-0.1, -0.05) is 31.3 Å². The number of carbonyl (C=O) groups is 4. The Hall–Kier alpha value is -4.17. The molecule has 7 unspecified atom stereocenters. The molecule has 2 bridgehead atoms. The number of thioether (sulfide) groups is 1. The van der Waals surface area contributed by atoms with Crippen LogP contribution in [0.2, 0.25) is 0 Å². The number of carbonyl (C=O) groups excluding carboxylic acids is 3. The molecule has 11 nitrogen and oxygen atoms in total. The Kier molecular flexibility index (Phi) is 8.35. The summed E-state index contributed by atoms with van der Waals surface area (Å²) in [6.07, 6.45) is 0.856. The van der Waals surface area contributed by atoms with Crippen molar-refractivity contribution in [1.29, 1.82) is 0 Å². The second kappa shape index (κ2) is 12.4. The normalized spacial score (nSPS) is 27.4. The van der Waals surface area contributed by atoms with Crippen LogP contribution in [-0.2, 0) is 19.2 Å². The maximum absolute atomic E-state index is 14.0. The van der Waals surface area contributed by atoms with Gasteiger partial charge >= 0.3 is 10.8 Å². The molecule has 3 fully saturated rings. The van der Waals surface area contributed by atoms with Crippen LogP contribution in [-0.4, -0.2) is 63.7 Å². The quantitative estimate of drug-likeness (QED) is 0.259. The fourth-order valence-electron chi connectivity index (χ4n) is 8.35. The first-order valence-electron chi connectivity index (χ1n) is 15.8. The molecule has 3 heterocycles. The third-order valence-electron chi connectivity index (χ3n) is 10.1. The van der Waals surface area contributed by atoms with Gasteiger partial charge in [0.1, 0.15) is 11.9 Å². The van der Waals surface area contributed by atoms with Crippen LogP contribution in [0.25, 0.3) is 0 Å². The van der Waals surface area contributed by atoms with Crippen molar-refractivity contribution in [2.75, 3.05) is 19.0 Å². The van der Waals surface area contributed by atoms with Crippen LogP contribution in [0.1, 0.15) is 43.0 Å². The molecule has 2 aromatic carbocycles. The molecule has 0 radical (unpaired) electrons. The Bertz CT molecular complexity index is 1860. The summed E-state index contributed by atoms with van der Waals surface area (Å²) >= 11 is 2.68. The van der Waals surface area contributed by atoms with Crippen molar-refractivity contribution in [2.45, 2.75) is 48.9 Å². The zero-order valence-corrected chi connectivity index (χ0v) is 27.9. The molecule has 8 atom stereocenters. The van der Waals surface area contributed by atoms with E-state index in [1.54, 1.807) is 17.8 Å². The van der Waals surface area contributed by atoms with Gasteiger partial charge in [-0.15, -0.1) is 11.8 Å². The van der Waals surface area contributed by atoms with Crippen molar-refractivity contribution in [3.8, 4) is 11.5 Å². The highest BCUT2D eigenvalue weighted by Crippen LogP contribution is 2.68. The molecule has 7 rings (SSSR count). The van der Waals surface area contributed by atoms with E-state index in [1.807, 2.05) is 26.0 Å². The van der Waals surface area contributed by atoms with Gasteiger partial charge in [0.25, 0.3) is 5.91 Å². The fraction of sp³-hybridized carbons (Fsp3) is 0.441. The third kappa shape index (κ3) is 5.38. The van der Waals surface area contributed by atoms with Crippen molar-refractivity contribution < 1.29 is 38.1 Å². The Morgan fingerprint density at radius 2 is 1.77 bits per heavy atom. The number of H-pyrrole nitrogens is 1. The molecule has 3 N–H and O–H groups in total. The first-order chi connectivity index (χ1) is 23.0. The molecule has 14 heteroatoms. The second-order valence-corrected chi connectivity index (χ2v) is 15.4. The number of aromatic nitrogens is 1. The lowest BCUT2D eigenvalue weighted by Crippen LogP contribution is -2.47. The van der Waals surface area contributed by atoms with Gasteiger partial charge < -0.3 is 24.9 Å². The predicted octanol–water partition coefficient (Wildman–Crippen LogP) is 4.57. The van der Waals surface area contributed by atoms with E-state index in [0.29, 0.717) is 23.6 Å². The van der Waals surface area contributed by atoms with E-state index >= 15 is 0 Å². The molecule has 3 aromatic rings. The minimum atomic E-state index is -1.20. The van der Waals surface area contributed by atoms with Crippen LogP contribution < -0.4 is 19.7 Å². The lowest BCUT2D eigenvalue weighted by molar-refractivity contribution is -0.156. The van der Waals surface area contributed by atoms with E-state index in [1.165, 1.54) is 31.4 Å². The Morgan fingerprint density at radius 3 is 2.44 bits per heavy atom. The Balaban J connectivity index is 1.18. The average Bonchev–Trinajstić information content (AvgIpc) is 3.78. The Morgan fingerprint density at radius 1 is 1.06 bits per heavy atom. The fourth-order valence-corrected chi connectivity index (χ4v) is 11.2. The summed E-state index contributed by atoms with van der Waals surface area (Å²) in [5, 5.41) is 13.3. The summed E-state index contributed by atoms with van der Waals surface area (Å²) < 4.78 is 24.7. The predicted molar refractivity (Wildman–Crippen MR) is 175 cm³/mol. The van der Waals surface area contributed by atoms with Gasteiger partial charge in [-0.3, -0.25) is 24.1 Å². The van der Waals surface area contributed by atoms with E-state index in [-0.39, 0.29) is 52.7 Å². The zero-order chi connectivity index (χ0) is 34.0. The largest absolute Gasteiger partial charge is 0.493 e. The number of imide groups is 1. The van der Waals surface area contributed by atoms with Gasteiger partial charge in [0, 0.05) is 21.7 Å². The van der Waals surface area contributed by atoms with Crippen molar-refractivity contribution in [1.82, 2.24) is 9.88 Å². The molecule has 4 aliphatic rings. The van der Waals surface area contributed by atoms with E-state index in [0.717, 1.165) is 31.7 Å². The van der Waals surface area contributed by atoms with E-state index in [2.05, 4.69) is 10.3 Å². The summed E-state index contributed by atoms with van der Waals surface area (Å²) in [6.45, 7) is 3.41. The molecular formula is C34H34FN3O8S2. The Labute approximate surface area is 283 Å². The number of benzene rings is 2. The maximum atomic E-state index is 14.0. The SMILES string of the molecule is COc1cc([C@H]2c3sc(=O)[nH]c3SC3C4CC(C5C(=O)N(C(CC(C)C)C(=O)O)C(=O)C45)C32)ccc1OCC(=O)Nc1ccc(F)cc1. The summed E-state index contributed by atoms with van der Waals surface area (Å²) in [4.78, 5) is 69.9. The number of ether oxygens (including phenoxy) is 2. The van der Waals surface area contributed by atoms with Crippen LogP contribution in [0.5, 0.6) is 11.5 Å². The number of thiazole rings is 1. The first kappa shape index (κ1) is 32.4. The standard InChI is InChI=1S/C34H34FN3O8S2/c1-14(2)10-20(33(42)43)38-31(40)26-18-12-19(27(26)32(38)41)28-25(18)24(29-30(47-28)37-34(44)48-29)15-4-9-21(22(11-15)45-3)46-13-23(39)36-17-7-5-16(35)6-8-17/h4-9,11,14,18-20,24-28H,10,12-13H2,1-3H3,(H,36,39)(H,37,44)(H,42,43)/t18?,19?,20?,24-,25?,26?,27?,28?/m1/s1. The molecular weight excluding hydrogens is 662 g/mol. The molecule has 0 spiro atoms. The summed E-state index contributed by atoms with van der Waals surface area (Å²) in [7, 11) is 1.49. The highest BCUT2D eigenvalue weighted by molar-refractivity contribution is 8.00. The number of fused-ring (bicyclic) bond motifs is 9. The van der Waals surface area contributed by atoms with Crippen LogP contribution in [0.3, 0.4) is 0 Å². The second-order valence-electron chi connectivity index (χ2n) is 13.2. The lowest BCUT2D eigenvalue weighted by Gasteiger charge is -2.43. The number of amides is 3. The molecule has 3 amide bonds. The number of nitrogens with one attached hydrogen (secondary N) is 2. The summed E-state index contributed by atoms with van der Waals surface area (Å²) in [5.74, 6) is -4.06. The number of carboxylic acids is 1. The molecule has 2 aliphatic heterocycles. The summed E-state index contributed by atoms with van der Waals surface area (Å²) in [5.41, 5.74) is 1.26. The number of likely N-dealkylation sites (tertiary alicyclic amines) is 1. The van der Waals surface area contributed by atoms with Gasteiger partial charge in [0.2, 0.25) is 11.8 Å². The van der Waals surface area contributed by atoms with Gasteiger partial charge in [0.15, 0.2) is 18.1 Å². The number of aliphatic carboxylic acids is 1. The minimum Gasteiger partial charge on any atom is -0.493 e. The van der Waals surface area contributed by atoms with Crippen LogP contribution in [0.4, 0.5) is 10.1 Å². The molecule has 48 heavy (non-hydrogen) atoms. The number of halogens is 1. The number of carboxylic acid groups (broad SMARTS) is 1. The molecule has 2 saturated carbocycles. The third-order valence-corrected chi connectivity index (χ3v) is 12.7. The molecule has 2 aliphatic carbocycles.